The molecule has 1 saturated heterocycles. The molecule has 1 aromatic heterocycles. The van der Waals surface area contributed by atoms with Gasteiger partial charge in [0.15, 0.2) is 23.8 Å². The smallest absolute Gasteiger partial charge is 0.273 e. The first kappa shape index (κ1) is 18.6. The molecule has 1 N–H and O–H groups in total. The topological polar surface area (TPSA) is 86.1 Å². The number of piperidine rings is 1. The number of aromatic nitrogens is 1. The number of hydrogen-bond donors (Lipinski definition) is 1. The van der Waals surface area contributed by atoms with Gasteiger partial charge in [0, 0.05) is 18.7 Å². The molecular formula is C20H25N3O5. The molecule has 1 aromatic carbocycles. The number of carbonyl (C=O) groups excluding carboxylic acids is 1. The van der Waals surface area contributed by atoms with Crippen molar-refractivity contribution in [1.29, 1.82) is 0 Å². The number of nitrogens with one attached hydrogen (secondary N) is 1. The number of amides is 1. The van der Waals surface area contributed by atoms with Gasteiger partial charge in [0.1, 0.15) is 12.0 Å². The van der Waals surface area contributed by atoms with Gasteiger partial charge in [-0.25, -0.2) is 4.98 Å². The van der Waals surface area contributed by atoms with E-state index >= 15 is 0 Å². The Kier molecular flexibility index (Phi) is 5.66. The van der Waals surface area contributed by atoms with Crippen molar-refractivity contribution in [2.45, 2.75) is 38.8 Å². The number of nitrogens with zero attached hydrogens (tertiary/aromatic N) is 2. The van der Waals surface area contributed by atoms with E-state index in [2.05, 4.69) is 22.1 Å². The first-order chi connectivity index (χ1) is 13.7. The zero-order valence-corrected chi connectivity index (χ0v) is 16.0. The fraction of sp³-hybridized carbons (Fsp3) is 0.500. The molecule has 1 amide bonds. The van der Waals surface area contributed by atoms with Crippen molar-refractivity contribution in [2.24, 2.45) is 0 Å². The summed E-state index contributed by atoms with van der Waals surface area (Å²) >= 11 is 0. The number of carbonyl (C=O) groups is 1. The van der Waals surface area contributed by atoms with Gasteiger partial charge in [-0.15, -0.1) is 0 Å². The van der Waals surface area contributed by atoms with Crippen molar-refractivity contribution in [3.05, 3.63) is 36.0 Å². The lowest BCUT2D eigenvalue weighted by molar-refractivity contribution is 0.0898. The summed E-state index contributed by atoms with van der Waals surface area (Å²) < 4.78 is 21.7. The van der Waals surface area contributed by atoms with Gasteiger partial charge in [0.05, 0.1) is 0 Å². The van der Waals surface area contributed by atoms with E-state index in [1.54, 1.807) is 18.2 Å². The molecule has 150 valence electrons. The molecule has 0 spiro atoms. The molecule has 0 radical (unpaired) electrons. The maximum atomic E-state index is 12.5. The average molecular weight is 387 g/mol. The molecule has 28 heavy (non-hydrogen) atoms. The standard InChI is InChI=1S/C20H25N3O5/c1-2-7-23-8-3-4-14(10-23)21-20(24)16-11-26-19(22-16)12-25-15-5-6-17-18(9-15)28-13-27-17/h5-6,9,11,14H,2-4,7-8,10,12-13H2,1H3,(H,21,24)/t14-/m0/s1. The van der Waals surface area contributed by atoms with Gasteiger partial charge in [0.2, 0.25) is 12.7 Å². The molecular weight excluding hydrogens is 362 g/mol. The lowest BCUT2D eigenvalue weighted by Gasteiger charge is -2.32. The Hall–Kier alpha value is -2.74. The molecule has 8 heteroatoms. The van der Waals surface area contributed by atoms with Crippen molar-refractivity contribution < 1.29 is 23.4 Å². The van der Waals surface area contributed by atoms with Crippen molar-refractivity contribution in [1.82, 2.24) is 15.2 Å². The van der Waals surface area contributed by atoms with Crippen LogP contribution in [0.4, 0.5) is 0 Å². The summed E-state index contributed by atoms with van der Waals surface area (Å²) in [6, 6.07) is 5.48. The number of rotatable bonds is 7. The lowest BCUT2D eigenvalue weighted by atomic mass is 10.1. The molecule has 0 aliphatic carbocycles. The molecule has 8 nitrogen and oxygen atoms in total. The van der Waals surface area contributed by atoms with Gasteiger partial charge < -0.3 is 28.8 Å². The Morgan fingerprint density at radius 2 is 2.25 bits per heavy atom. The van der Waals surface area contributed by atoms with E-state index < -0.39 is 0 Å². The minimum absolute atomic E-state index is 0.126. The van der Waals surface area contributed by atoms with Crippen LogP contribution in [-0.2, 0) is 6.61 Å². The van der Waals surface area contributed by atoms with Gasteiger partial charge in [-0.05, 0) is 44.5 Å². The molecule has 0 saturated carbocycles. The highest BCUT2D eigenvalue weighted by Crippen LogP contribution is 2.35. The van der Waals surface area contributed by atoms with Gasteiger partial charge in [-0.2, -0.15) is 0 Å². The summed E-state index contributed by atoms with van der Waals surface area (Å²) in [7, 11) is 0. The van der Waals surface area contributed by atoms with Gasteiger partial charge in [0.25, 0.3) is 5.91 Å². The second-order valence-corrected chi connectivity index (χ2v) is 7.04. The number of hydrogen-bond acceptors (Lipinski definition) is 7. The highest BCUT2D eigenvalue weighted by Gasteiger charge is 2.23. The molecule has 2 aliphatic rings. The molecule has 2 aliphatic heterocycles. The monoisotopic (exact) mass is 387 g/mol. The largest absolute Gasteiger partial charge is 0.484 e. The normalized spacial score (nSPS) is 18.8. The third kappa shape index (κ3) is 4.39. The van der Waals surface area contributed by atoms with E-state index in [-0.39, 0.29) is 31.0 Å². The van der Waals surface area contributed by atoms with Crippen molar-refractivity contribution in [2.75, 3.05) is 26.4 Å². The Labute approximate surface area is 163 Å². The van der Waals surface area contributed by atoms with Gasteiger partial charge in [-0.1, -0.05) is 6.92 Å². The van der Waals surface area contributed by atoms with Crippen LogP contribution in [0.15, 0.2) is 28.9 Å². The van der Waals surface area contributed by atoms with Crippen LogP contribution in [0.2, 0.25) is 0 Å². The van der Waals surface area contributed by atoms with Crippen LogP contribution < -0.4 is 19.5 Å². The number of fused-ring (bicyclic) bond motifs is 1. The summed E-state index contributed by atoms with van der Waals surface area (Å²) in [5.74, 6) is 2.10. The Balaban J connectivity index is 1.29. The molecule has 0 unspecified atom stereocenters. The molecule has 1 atom stereocenters. The fourth-order valence-corrected chi connectivity index (χ4v) is 3.55. The molecule has 3 heterocycles. The van der Waals surface area contributed by atoms with Crippen LogP contribution in [0.5, 0.6) is 17.2 Å². The predicted molar refractivity (Wildman–Crippen MR) is 101 cm³/mol. The second kappa shape index (κ2) is 8.52. The highest BCUT2D eigenvalue weighted by atomic mass is 16.7. The highest BCUT2D eigenvalue weighted by molar-refractivity contribution is 5.92. The first-order valence-corrected chi connectivity index (χ1v) is 9.71. The third-order valence-corrected chi connectivity index (χ3v) is 4.87. The van der Waals surface area contributed by atoms with E-state index in [0.29, 0.717) is 23.1 Å². The van der Waals surface area contributed by atoms with Gasteiger partial charge in [-0.3, -0.25) is 4.79 Å². The Morgan fingerprint density at radius 3 is 3.14 bits per heavy atom. The van der Waals surface area contributed by atoms with E-state index in [9.17, 15) is 4.79 Å². The van der Waals surface area contributed by atoms with E-state index in [4.69, 9.17) is 18.6 Å². The summed E-state index contributed by atoms with van der Waals surface area (Å²) in [5.41, 5.74) is 0.275. The second-order valence-electron chi connectivity index (χ2n) is 7.04. The SMILES string of the molecule is CCCN1CCC[C@H](NC(=O)c2coc(COc3ccc4c(c3)OCO4)n2)C1. The van der Waals surface area contributed by atoms with Crippen LogP contribution >= 0.6 is 0 Å². The fourth-order valence-electron chi connectivity index (χ4n) is 3.55. The predicted octanol–water partition coefficient (Wildman–Crippen LogP) is 2.59. The summed E-state index contributed by atoms with van der Waals surface area (Å²) in [6.07, 6.45) is 4.58. The molecule has 0 bridgehead atoms. The summed E-state index contributed by atoms with van der Waals surface area (Å²) in [4.78, 5) is 19.1. The van der Waals surface area contributed by atoms with Crippen LogP contribution in [0, 0.1) is 0 Å². The molecule has 1 fully saturated rings. The Bertz CT molecular complexity index is 820. The van der Waals surface area contributed by atoms with E-state index in [0.717, 1.165) is 38.9 Å². The maximum Gasteiger partial charge on any atom is 0.273 e. The number of oxazole rings is 1. The minimum Gasteiger partial charge on any atom is -0.484 e. The zero-order valence-electron chi connectivity index (χ0n) is 16.0. The maximum absolute atomic E-state index is 12.5. The zero-order chi connectivity index (χ0) is 19.3. The number of likely N-dealkylation sites (tertiary alicyclic amines) is 1. The third-order valence-electron chi connectivity index (χ3n) is 4.87. The van der Waals surface area contributed by atoms with Crippen LogP contribution in [0.3, 0.4) is 0 Å². The van der Waals surface area contributed by atoms with Crippen LogP contribution in [-0.4, -0.2) is 48.3 Å². The van der Waals surface area contributed by atoms with Crippen molar-refractivity contribution in [3.8, 4) is 17.2 Å². The first-order valence-electron chi connectivity index (χ1n) is 9.71. The minimum atomic E-state index is -0.207. The summed E-state index contributed by atoms with van der Waals surface area (Å²) in [5, 5.41) is 3.06. The lowest BCUT2D eigenvalue weighted by Crippen LogP contribution is -2.47. The quantitative estimate of drug-likeness (QED) is 0.781. The average Bonchev–Trinajstić information content (AvgIpc) is 3.36. The Morgan fingerprint density at radius 1 is 1.36 bits per heavy atom. The van der Waals surface area contributed by atoms with Crippen molar-refractivity contribution >= 4 is 5.91 Å². The number of benzene rings is 1. The van der Waals surface area contributed by atoms with Crippen molar-refractivity contribution in [3.63, 3.8) is 0 Å². The van der Waals surface area contributed by atoms with E-state index in [1.807, 2.05) is 0 Å². The van der Waals surface area contributed by atoms with Crippen LogP contribution in [0.25, 0.3) is 0 Å². The number of ether oxygens (including phenoxy) is 3. The molecule has 4 rings (SSSR count). The van der Waals surface area contributed by atoms with E-state index in [1.165, 1.54) is 6.26 Å². The summed E-state index contributed by atoms with van der Waals surface area (Å²) in [6.45, 7) is 5.57. The molecule has 2 aromatic rings. The van der Waals surface area contributed by atoms with Gasteiger partial charge >= 0.3 is 0 Å². The van der Waals surface area contributed by atoms with Crippen LogP contribution in [0.1, 0.15) is 42.6 Å².